The lowest BCUT2D eigenvalue weighted by Gasteiger charge is -2.26. The molecule has 0 radical (unpaired) electrons. The van der Waals surface area contributed by atoms with Crippen molar-refractivity contribution in [2.45, 2.75) is 12.3 Å². The Morgan fingerprint density at radius 1 is 1.40 bits per heavy atom. The van der Waals surface area contributed by atoms with Gasteiger partial charge in [0.05, 0.1) is 18.1 Å². The number of amides is 1. The van der Waals surface area contributed by atoms with E-state index in [1.165, 1.54) is 13.2 Å². The second-order valence-electron chi connectivity index (χ2n) is 5.68. The van der Waals surface area contributed by atoms with Gasteiger partial charge in [-0.3, -0.25) is 14.9 Å². The van der Waals surface area contributed by atoms with Gasteiger partial charge in [-0.05, 0) is 11.6 Å². The molecule has 0 unspecified atom stereocenters. The minimum absolute atomic E-state index is 0.0881. The minimum atomic E-state index is -0.804. The number of nitrogens with one attached hydrogen (secondary N) is 2. The van der Waals surface area contributed by atoms with Gasteiger partial charge in [-0.25, -0.2) is 4.39 Å². The van der Waals surface area contributed by atoms with Crippen LogP contribution in [0.1, 0.15) is 17.9 Å². The molecule has 1 heterocycles. The molecule has 0 fully saturated rings. The molecule has 25 heavy (non-hydrogen) atoms. The average Bonchev–Trinajstić information content (AvgIpc) is 2.59. The van der Waals surface area contributed by atoms with E-state index < -0.39 is 10.7 Å². The predicted molar refractivity (Wildman–Crippen MR) is 90.5 cm³/mol. The molecule has 0 aromatic heterocycles. The average molecular weight is 345 g/mol. The Labute approximate surface area is 143 Å². The van der Waals surface area contributed by atoms with Gasteiger partial charge < -0.3 is 15.4 Å². The molecule has 0 saturated heterocycles. The van der Waals surface area contributed by atoms with Gasteiger partial charge in [0.15, 0.2) is 11.6 Å². The van der Waals surface area contributed by atoms with Crippen LogP contribution in [0.15, 0.2) is 36.4 Å². The SMILES string of the molecule is COc1cc(NC[C@H]2CC(=O)Nc3ccccc32)c([N+](=O)[O-])cc1F. The molecule has 2 aromatic carbocycles. The van der Waals surface area contributed by atoms with Crippen molar-refractivity contribution in [2.24, 2.45) is 0 Å². The topological polar surface area (TPSA) is 93.5 Å². The molecular formula is C17H16FN3O4. The van der Waals surface area contributed by atoms with Crippen LogP contribution in [0.4, 0.5) is 21.5 Å². The van der Waals surface area contributed by atoms with Crippen LogP contribution in [-0.4, -0.2) is 24.5 Å². The number of hydrogen-bond donors (Lipinski definition) is 2. The summed E-state index contributed by atoms with van der Waals surface area (Å²) in [6, 6.07) is 9.48. The van der Waals surface area contributed by atoms with Crippen molar-refractivity contribution < 1.29 is 18.8 Å². The highest BCUT2D eigenvalue weighted by Crippen LogP contribution is 2.35. The fourth-order valence-corrected chi connectivity index (χ4v) is 2.91. The van der Waals surface area contributed by atoms with Crippen molar-refractivity contribution in [3.8, 4) is 5.75 Å². The van der Waals surface area contributed by atoms with E-state index in [1.807, 2.05) is 24.3 Å². The number of anilines is 2. The lowest BCUT2D eigenvalue weighted by atomic mass is 9.90. The van der Waals surface area contributed by atoms with Crippen LogP contribution in [0.5, 0.6) is 5.75 Å². The van der Waals surface area contributed by atoms with Crippen molar-refractivity contribution in [1.29, 1.82) is 0 Å². The van der Waals surface area contributed by atoms with Crippen LogP contribution in [0, 0.1) is 15.9 Å². The smallest absolute Gasteiger partial charge is 0.295 e. The summed E-state index contributed by atoms with van der Waals surface area (Å²) in [6.45, 7) is 0.292. The number of fused-ring (bicyclic) bond motifs is 1. The van der Waals surface area contributed by atoms with Crippen molar-refractivity contribution in [3.05, 3.63) is 57.9 Å². The molecule has 8 heteroatoms. The quantitative estimate of drug-likeness (QED) is 0.641. The molecule has 3 rings (SSSR count). The second kappa shape index (κ2) is 6.76. The minimum Gasteiger partial charge on any atom is -0.494 e. The van der Waals surface area contributed by atoms with Crippen molar-refractivity contribution in [1.82, 2.24) is 0 Å². The summed E-state index contributed by atoms with van der Waals surface area (Å²) in [5.41, 5.74) is 1.45. The molecule has 0 spiro atoms. The van der Waals surface area contributed by atoms with E-state index in [0.29, 0.717) is 6.54 Å². The van der Waals surface area contributed by atoms with E-state index in [0.717, 1.165) is 17.3 Å². The first kappa shape index (κ1) is 16.7. The molecule has 1 atom stereocenters. The lowest BCUT2D eigenvalue weighted by Crippen LogP contribution is -2.26. The standard InChI is InChI=1S/C17H16FN3O4/c1-25-16-8-14(15(21(23)24)7-12(16)18)19-9-10-6-17(22)20-13-5-3-2-4-11(10)13/h2-5,7-8,10,19H,6,9H2,1H3,(H,20,22)/t10-/m1/s1. The van der Waals surface area contributed by atoms with Gasteiger partial charge >= 0.3 is 0 Å². The first-order chi connectivity index (χ1) is 12.0. The highest BCUT2D eigenvalue weighted by molar-refractivity contribution is 5.94. The number of halogens is 1. The maximum Gasteiger partial charge on any atom is 0.295 e. The first-order valence-corrected chi connectivity index (χ1v) is 7.64. The Hall–Kier alpha value is -3.16. The van der Waals surface area contributed by atoms with E-state index in [1.54, 1.807) is 0 Å². The van der Waals surface area contributed by atoms with E-state index in [2.05, 4.69) is 10.6 Å². The first-order valence-electron chi connectivity index (χ1n) is 7.64. The summed E-state index contributed by atoms with van der Waals surface area (Å²) >= 11 is 0. The van der Waals surface area contributed by atoms with Gasteiger partial charge in [0, 0.05) is 30.6 Å². The zero-order valence-corrected chi connectivity index (χ0v) is 13.4. The van der Waals surface area contributed by atoms with Gasteiger partial charge in [-0.1, -0.05) is 18.2 Å². The number of benzene rings is 2. The number of nitrogens with zero attached hydrogens (tertiary/aromatic N) is 1. The van der Waals surface area contributed by atoms with Gasteiger partial charge in [-0.15, -0.1) is 0 Å². The summed E-state index contributed by atoms with van der Waals surface area (Å²) in [5, 5.41) is 16.9. The largest absolute Gasteiger partial charge is 0.494 e. The third-order valence-corrected chi connectivity index (χ3v) is 4.11. The Morgan fingerprint density at radius 3 is 2.88 bits per heavy atom. The van der Waals surface area contributed by atoms with Gasteiger partial charge in [0.25, 0.3) is 5.69 Å². The lowest BCUT2D eigenvalue weighted by molar-refractivity contribution is -0.384. The fraction of sp³-hybridized carbons (Fsp3) is 0.235. The Bertz CT molecular complexity index is 841. The van der Waals surface area contributed by atoms with Gasteiger partial charge in [-0.2, -0.15) is 0 Å². The van der Waals surface area contributed by atoms with Crippen LogP contribution in [0.2, 0.25) is 0 Å². The third kappa shape index (κ3) is 3.37. The molecule has 2 aromatic rings. The van der Waals surface area contributed by atoms with Crippen LogP contribution < -0.4 is 15.4 Å². The number of ether oxygens (including phenoxy) is 1. The summed E-state index contributed by atoms with van der Waals surface area (Å²) in [7, 11) is 1.29. The number of methoxy groups -OCH3 is 1. The van der Waals surface area contributed by atoms with Crippen LogP contribution in [0.3, 0.4) is 0 Å². The fourth-order valence-electron chi connectivity index (χ4n) is 2.91. The Morgan fingerprint density at radius 2 is 2.16 bits per heavy atom. The molecular weight excluding hydrogens is 329 g/mol. The van der Waals surface area contributed by atoms with Crippen molar-refractivity contribution in [2.75, 3.05) is 24.3 Å². The number of rotatable bonds is 5. The van der Waals surface area contributed by atoms with Gasteiger partial charge in [0.2, 0.25) is 5.91 Å². The Kier molecular flexibility index (Phi) is 4.51. The number of nitro groups is 1. The molecule has 0 aliphatic carbocycles. The molecule has 130 valence electrons. The monoisotopic (exact) mass is 345 g/mol. The summed E-state index contributed by atoms with van der Waals surface area (Å²) in [6.07, 6.45) is 0.260. The third-order valence-electron chi connectivity index (χ3n) is 4.11. The number of carbonyl (C=O) groups excluding carboxylic acids is 1. The molecule has 7 nitrogen and oxygen atoms in total. The summed E-state index contributed by atoms with van der Waals surface area (Å²) in [4.78, 5) is 22.4. The number of hydrogen-bond acceptors (Lipinski definition) is 5. The summed E-state index contributed by atoms with van der Waals surface area (Å²) < 4.78 is 18.6. The Balaban J connectivity index is 1.87. The molecule has 1 aliphatic heterocycles. The number of nitro benzene ring substituents is 1. The highest BCUT2D eigenvalue weighted by Gasteiger charge is 2.26. The van der Waals surface area contributed by atoms with Crippen LogP contribution >= 0.6 is 0 Å². The van der Waals surface area contributed by atoms with Crippen LogP contribution in [0.25, 0.3) is 0 Å². The van der Waals surface area contributed by atoms with Gasteiger partial charge in [0.1, 0.15) is 5.69 Å². The van der Waals surface area contributed by atoms with Crippen molar-refractivity contribution in [3.63, 3.8) is 0 Å². The predicted octanol–water partition coefficient (Wildman–Crippen LogP) is 3.28. The van der Waals surface area contributed by atoms with Crippen LogP contribution in [-0.2, 0) is 4.79 Å². The maximum atomic E-state index is 13.7. The highest BCUT2D eigenvalue weighted by atomic mass is 19.1. The molecule has 1 aliphatic rings. The number of carbonyl (C=O) groups is 1. The zero-order valence-electron chi connectivity index (χ0n) is 13.4. The zero-order chi connectivity index (χ0) is 18.0. The van der Waals surface area contributed by atoms with E-state index >= 15 is 0 Å². The molecule has 0 bridgehead atoms. The van der Waals surface area contributed by atoms with E-state index in [4.69, 9.17) is 4.74 Å². The molecule has 0 saturated carbocycles. The van der Waals surface area contributed by atoms with E-state index in [9.17, 15) is 19.3 Å². The number of para-hydroxylation sites is 1. The molecule has 1 amide bonds. The van der Waals surface area contributed by atoms with Crippen molar-refractivity contribution >= 4 is 23.0 Å². The van der Waals surface area contributed by atoms with E-state index in [-0.39, 0.29) is 35.4 Å². The summed E-state index contributed by atoms with van der Waals surface area (Å²) in [5.74, 6) is -1.16. The second-order valence-corrected chi connectivity index (χ2v) is 5.68. The maximum absolute atomic E-state index is 13.7. The molecule has 2 N–H and O–H groups in total. The normalized spacial score (nSPS) is 15.9.